The molecule has 0 bridgehead atoms. The van der Waals surface area contributed by atoms with Crippen LogP contribution in [0, 0.1) is 5.92 Å². The number of hydrogen-bond acceptors (Lipinski definition) is 1. The fraction of sp³-hybridized carbons (Fsp3) is 1.00. The lowest BCUT2D eigenvalue weighted by Gasteiger charge is -2.47. The predicted molar refractivity (Wildman–Crippen MR) is 45.5 cm³/mol. The molecule has 1 heterocycles. The normalized spacial score (nSPS) is 22.8. The van der Waals surface area contributed by atoms with Crippen molar-refractivity contribution >= 4 is 11.6 Å². The third kappa shape index (κ3) is 1.64. The summed E-state index contributed by atoms with van der Waals surface area (Å²) in [7, 11) is 0. The summed E-state index contributed by atoms with van der Waals surface area (Å²) in [6.45, 7) is 9.12. The Morgan fingerprint density at radius 3 is 2.20 bits per heavy atom. The molecule has 0 spiro atoms. The van der Waals surface area contributed by atoms with Crippen LogP contribution in [-0.4, -0.2) is 29.4 Å². The quantitative estimate of drug-likeness (QED) is 0.532. The second-order valence-corrected chi connectivity index (χ2v) is 4.40. The first-order chi connectivity index (χ1) is 4.54. The fourth-order valence-corrected chi connectivity index (χ4v) is 1.41. The van der Waals surface area contributed by atoms with Gasteiger partial charge in [-0.15, -0.1) is 11.6 Å². The van der Waals surface area contributed by atoms with Gasteiger partial charge in [0.2, 0.25) is 0 Å². The summed E-state index contributed by atoms with van der Waals surface area (Å²) in [5.74, 6) is 1.58. The van der Waals surface area contributed by atoms with Crippen LogP contribution in [0.15, 0.2) is 0 Å². The Balaban J connectivity index is 2.26. The van der Waals surface area contributed by atoms with Crippen molar-refractivity contribution in [2.45, 2.75) is 26.3 Å². The van der Waals surface area contributed by atoms with E-state index in [0.29, 0.717) is 5.54 Å². The van der Waals surface area contributed by atoms with Crippen molar-refractivity contribution in [2.24, 2.45) is 5.92 Å². The van der Waals surface area contributed by atoms with Gasteiger partial charge in [0.25, 0.3) is 0 Å². The summed E-state index contributed by atoms with van der Waals surface area (Å²) in [6.07, 6.45) is 0. The highest BCUT2D eigenvalue weighted by atomic mass is 35.5. The number of likely N-dealkylation sites (tertiary alicyclic amines) is 1. The van der Waals surface area contributed by atoms with E-state index in [1.54, 1.807) is 0 Å². The van der Waals surface area contributed by atoms with Crippen LogP contribution in [0.4, 0.5) is 0 Å². The Bertz CT molecular complexity index is 111. The minimum Gasteiger partial charge on any atom is -0.298 e. The standard InChI is InChI=1S/C8H16ClN/c1-8(2,3)10-5-7(4-9)6-10/h7H,4-6H2,1-3H3. The van der Waals surface area contributed by atoms with Crippen LogP contribution in [0.1, 0.15) is 20.8 Å². The number of alkyl halides is 1. The molecule has 1 rings (SSSR count). The van der Waals surface area contributed by atoms with Crippen molar-refractivity contribution in [3.63, 3.8) is 0 Å². The highest BCUT2D eigenvalue weighted by Crippen LogP contribution is 2.25. The van der Waals surface area contributed by atoms with Crippen molar-refractivity contribution in [3.05, 3.63) is 0 Å². The SMILES string of the molecule is CC(C)(C)N1CC(CCl)C1. The molecule has 10 heavy (non-hydrogen) atoms. The molecule has 0 radical (unpaired) electrons. The summed E-state index contributed by atoms with van der Waals surface area (Å²) in [4.78, 5) is 2.46. The summed E-state index contributed by atoms with van der Waals surface area (Å²) in [5, 5.41) is 0. The van der Waals surface area contributed by atoms with Gasteiger partial charge in [-0.25, -0.2) is 0 Å². The van der Waals surface area contributed by atoms with Gasteiger partial charge in [-0.3, -0.25) is 4.90 Å². The van der Waals surface area contributed by atoms with Crippen LogP contribution in [0.3, 0.4) is 0 Å². The molecule has 1 aliphatic heterocycles. The molecule has 0 N–H and O–H groups in total. The number of halogens is 1. The molecule has 1 nitrogen and oxygen atoms in total. The van der Waals surface area contributed by atoms with Crippen molar-refractivity contribution < 1.29 is 0 Å². The monoisotopic (exact) mass is 161 g/mol. The zero-order valence-corrected chi connectivity index (χ0v) is 7.78. The second kappa shape index (κ2) is 2.71. The van der Waals surface area contributed by atoms with E-state index in [1.807, 2.05) is 0 Å². The number of hydrogen-bond donors (Lipinski definition) is 0. The molecule has 0 amide bonds. The highest BCUT2D eigenvalue weighted by Gasteiger charge is 2.33. The van der Waals surface area contributed by atoms with Crippen molar-refractivity contribution in [1.29, 1.82) is 0 Å². The molecule has 0 saturated carbocycles. The molecule has 1 saturated heterocycles. The maximum absolute atomic E-state index is 5.69. The van der Waals surface area contributed by atoms with Crippen molar-refractivity contribution in [1.82, 2.24) is 4.90 Å². The zero-order valence-electron chi connectivity index (χ0n) is 7.02. The molecular formula is C8H16ClN. The van der Waals surface area contributed by atoms with Gasteiger partial charge in [-0.1, -0.05) is 0 Å². The summed E-state index contributed by atoms with van der Waals surface area (Å²) in [6, 6.07) is 0. The minimum atomic E-state index is 0.350. The van der Waals surface area contributed by atoms with E-state index >= 15 is 0 Å². The molecule has 0 aliphatic carbocycles. The van der Waals surface area contributed by atoms with Gasteiger partial charge < -0.3 is 0 Å². The van der Waals surface area contributed by atoms with Crippen LogP contribution in [0.2, 0.25) is 0 Å². The zero-order chi connectivity index (χ0) is 7.78. The number of nitrogens with zero attached hydrogens (tertiary/aromatic N) is 1. The lowest BCUT2D eigenvalue weighted by atomic mass is 9.94. The average Bonchev–Trinajstić information content (AvgIpc) is 1.57. The molecule has 1 fully saturated rings. The Morgan fingerprint density at radius 2 is 1.90 bits per heavy atom. The highest BCUT2D eigenvalue weighted by molar-refractivity contribution is 6.18. The Kier molecular flexibility index (Phi) is 2.26. The van der Waals surface area contributed by atoms with Gasteiger partial charge in [-0.05, 0) is 26.7 Å². The van der Waals surface area contributed by atoms with Crippen LogP contribution in [-0.2, 0) is 0 Å². The van der Waals surface area contributed by atoms with Gasteiger partial charge in [0.15, 0.2) is 0 Å². The second-order valence-electron chi connectivity index (χ2n) is 4.10. The van der Waals surface area contributed by atoms with E-state index in [-0.39, 0.29) is 0 Å². The first-order valence-electron chi connectivity index (χ1n) is 3.85. The minimum absolute atomic E-state index is 0.350. The molecule has 2 heteroatoms. The molecule has 0 aromatic rings. The van der Waals surface area contributed by atoms with Crippen LogP contribution < -0.4 is 0 Å². The molecule has 1 aliphatic rings. The van der Waals surface area contributed by atoms with Gasteiger partial charge >= 0.3 is 0 Å². The van der Waals surface area contributed by atoms with Gasteiger partial charge in [0.1, 0.15) is 0 Å². The summed E-state index contributed by atoms with van der Waals surface area (Å²) in [5.41, 5.74) is 0.350. The van der Waals surface area contributed by atoms with Crippen LogP contribution in [0.25, 0.3) is 0 Å². The molecule has 0 aromatic heterocycles. The van der Waals surface area contributed by atoms with Gasteiger partial charge in [-0.2, -0.15) is 0 Å². The van der Waals surface area contributed by atoms with Gasteiger partial charge in [0, 0.05) is 24.5 Å². The van der Waals surface area contributed by atoms with E-state index in [0.717, 1.165) is 11.8 Å². The maximum atomic E-state index is 5.69. The lowest BCUT2D eigenvalue weighted by molar-refractivity contribution is 0.0239. The van der Waals surface area contributed by atoms with Gasteiger partial charge in [0.05, 0.1) is 0 Å². The first-order valence-corrected chi connectivity index (χ1v) is 4.38. The van der Waals surface area contributed by atoms with E-state index in [2.05, 4.69) is 25.7 Å². The predicted octanol–water partition coefficient (Wildman–Crippen LogP) is 1.96. The van der Waals surface area contributed by atoms with E-state index in [4.69, 9.17) is 11.6 Å². The first kappa shape index (κ1) is 8.35. The van der Waals surface area contributed by atoms with Crippen molar-refractivity contribution in [2.75, 3.05) is 19.0 Å². The van der Waals surface area contributed by atoms with E-state index < -0.39 is 0 Å². The maximum Gasteiger partial charge on any atom is 0.0276 e. The van der Waals surface area contributed by atoms with E-state index in [9.17, 15) is 0 Å². The average molecular weight is 162 g/mol. The lowest BCUT2D eigenvalue weighted by Crippen LogP contribution is -2.56. The molecule has 0 aromatic carbocycles. The van der Waals surface area contributed by atoms with E-state index in [1.165, 1.54) is 13.1 Å². The smallest absolute Gasteiger partial charge is 0.0276 e. The largest absolute Gasteiger partial charge is 0.298 e. The molecule has 0 atom stereocenters. The molecule has 0 unspecified atom stereocenters. The van der Waals surface area contributed by atoms with Crippen LogP contribution in [0.5, 0.6) is 0 Å². The number of rotatable bonds is 1. The third-order valence-electron chi connectivity index (χ3n) is 2.12. The summed E-state index contributed by atoms with van der Waals surface area (Å²) < 4.78 is 0. The topological polar surface area (TPSA) is 3.24 Å². The van der Waals surface area contributed by atoms with Crippen molar-refractivity contribution in [3.8, 4) is 0 Å². The third-order valence-corrected chi connectivity index (χ3v) is 2.56. The Labute approximate surface area is 68.4 Å². The molecular weight excluding hydrogens is 146 g/mol. The fourth-order valence-electron chi connectivity index (χ4n) is 1.22. The molecule has 60 valence electrons. The summed E-state index contributed by atoms with van der Waals surface area (Å²) >= 11 is 5.69. The van der Waals surface area contributed by atoms with Crippen LogP contribution >= 0.6 is 11.6 Å². The Morgan fingerprint density at radius 1 is 1.40 bits per heavy atom. The Hall–Kier alpha value is 0.250.